The van der Waals surface area contributed by atoms with E-state index >= 15 is 0 Å². The Hall–Kier alpha value is -1.54. The van der Waals surface area contributed by atoms with E-state index in [0.29, 0.717) is 0 Å². The highest BCUT2D eigenvalue weighted by atomic mass is 32.2. The van der Waals surface area contributed by atoms with Gasteiger partial charge in [-0.2, -0.15) is 5.10 Å². The number of hydrogen-bond acceptors (Lipinski definition) is 3. The molecule has 0 fully saturated rings. The van der Waals surface area contributed by atoms with Crippen LogP contribution >= 0.6 is 0 Å². The number of sulfonamides is 1. The van der Waals surface area contributed by atoms with Crippen LogP contribution in [0, 0.1) is 11.6 Å². The van der Waals surface area contributed by atoms with Gasteiger partial charge >= 0.3 is 0 Å². The topological polar surface area (TPSA) is 88.8 Å². The summed E-state index contributed by atoms with van der Waals surface area (Å²) in [5.74, 6) is -2.26. The molecule has 0 bridgehead atoms. The Morgan fingerprint density at radius 2 is 1.87 bits per heavy atom. The van der Waals surface area contributed by atoms with Crippen LogP contribution in [0.2, 0.25) is 0 Å². The van der Waals surface area contributed by atoms with Crippen molar-refractivity contribution in [2.45, 2.75) is 5.03 Å². The number of rotatable bonds is 1. The van der Waals surface area contributed by atoms with Crippen molar-refractivity contribution in [1.82, 2.24) is 10.2 Å². The molecule has 2 rings (SSSR count). The van der Waals surface area contributed by atoms with Gasteiger partial charge in [-0.3, -0.25) is 5.10 Å². The normalized spacial score (nSPS) is 12.2. The van der Waals surface area contributed by atoms with Gasteiger partial charge in [0.1, 0.15) is 0 Å². The lowest BCUT2D eigenvalue weighted by Crippen LogP contribution is -2.12. The largest absolute Gasteiger partial charge is 0.265 e. The Bertz CT molecular complexity index is 635. The molecule has 1 aromatic heterocycles. The van der Waals surface area contributed by atoms with E-state index in [1.165, 1.54) is 0 Å². The van der Waals surface area contributed by atoms with Crippen LogP contribution in [0.4, 0.5) is 8.78 Å². The number of aromatic nitrogens is 2. The minimum absolute atomic E-state index is 0.00192. The van der Waals surface area contributed by atoms with Crippen LogP contribution in [-0.2, 0) is 10.0 Å². The van der Waals surface area contributed by atoms with Crippen LogP contribution in [0.1, 0.15) is 0 Å². The van der Waals surface area contributed by atoms with Crippen LogP contribution in [0.15, 0.2) is 17.2 Å². The number of nitrogens with two attached hydrogens (primary N) is 1. The molecule has 1 heterocycles. The number of fused-ring (bicyclic) bond motifs is 1. The molecule has 0 unspecified atom stereocenters. The highest BCUT2D eigenvalue weighted by Crippen LogP contribution is 2.21. The van der Waals surface area contributed by atoms with Gasteiger partial charge in [0.25, 0.3) is 10.0 Å². The first kappa shape index (κ1) is 9.99. The number of nitrogens with zero attached hydrogens (tertiary/aromatic N) is 1. The SMILES string of the molecule is NS(=O)(=O)c1[nH]nc2cc(F)c(F)cc12. The van der Waals surface area contributed by atoms with Crippen molar-refractivity contribution < 1.29 is 17.2 Å². The Morgan fingerprint density at radius 3 is 2.47 bits per heavy atom. The number of H-pyrrole nitrogens is 1. The van der Waals surface area contributed by atoms with Crippen molar-refractivity contribution in [3.05, 3.63) is 23.8 Å². The average molecular weight is 233 g/mol. The van der Waals surface area contributed by atoms with Crippen molar-refractivity contribution in [2.24, 2.45) is 5.14 Å². The van der Waals surface area contributed by atoms with Gasteiger partial charge < -0.3 is 0 Å². The number of hydrogen-bond donors (Lipinski definition) is 2. The molecule has 0 aliphatic rings. The van der Waals surface area contributed by atoms with Crippen molar-refractivity contribution in [1.29, 1.82) is 0 Å². The first-order chi connectivity index (χ1) is 6.89. The third-order valence-electron chi connectivity index (χ3n) is 1.85. The van der Waals surface area contributed by atoms with Gasteiger partial charge in [0.15, 0.2) is 16.7 Å². The minimum atomic E-state index is -4.02. The fraction of sp³-hybridized carbons (Fsp3) is 0. The molecule has 2 aromatic rings. The molecule has 0 spiro atoms. The second-order valence-electron chi connectivity index (χ2n) is 2.88. The molecule has 0 aliphatic carbocycles. The second kappa shape index (κ2) is 2.97. The molecular weight excluding hydrogens is 228 g/mol. The molecule has 3 N–H and O–H groups in total. The lowest BCUT2D eigenvalue weighted by molar-refractivity contribution is 0.510. The molecule has 0 amide bonds. The summed E-state index contributed by atoms with van der Waals surface area (Å²) in [5, 5.41) is 9.94. The maximum absolute atomic E-state index is 12.8. The monoisotopic (exact) mass is 233 g/mol. The number of nitrogens with one attached hydrogen (secondary N) is 1. The number of aromatic amines is 1. The summed E-state index contributed by atoms with van der Waals surface area (Å²) < 4.78 is 47.6. The third kappa shape index (κ3) is 1.57. The van der Waals surface area contributed by atoms with Crippen LogP contribution in [-0.4, -0.2) is 18.6 Å². The lowest BCUT2D eigenvalue weighted by Gasteiger charge is -1.95. The van der Waals surface area contributed by atoms with E-state index in [1.807, 2.05) is 0 Å². The standard InChI is InChI=1S/C7H5F2N3O2S/c8-4-1-3-6(2-5(4)9)11-12-7(3)15(10,13)14/h1-2H,(H,11,12)(H2,10,13,14). The molecule has 0 aliphatic heterocycles. The molecular formula is C7H5F2N3O2S. The van der Waals surface area contributed by atoms with Crippen LogP contribution in [0.25, 0.3) is 10.9 Å². The van der Waals surface area contributed by atoms with E-state index in [0.717, 1.165) is 12.1 Å². The van der Waals surface area contributed by atoms with Gasteiger partial charge in [0, 0.05) is 11.5 Å². The fourth-order valence-electron chi connectivity index (χ4n) is 1.20. The molecule has 0 radical (unpaired) electrons. The van der Waals surface area contributed by atoms with E-state index in [1.54, 1.807) is 0 Å². The quantitative estimate of drug-likeness (QED) is 0.751. The van der Waals surface area contributed by atoms with E-state index in [-0.39, 0.29) is 10.9 Å². The van der Waals surface area contributed by atoms with Crippen molar-refractivity contribution >= 4 is 20.9 Å². The summed E-state index contributed by atoms with van der Waals surface area (Å²) in [7, 11) is -4.02. The van der Waals surface area contributed by atoms with E-state index in [9.17, 15) is 17.2 Å². The zero-order valence-electron chi connectivity index (χ0n) is 7.16. The van der Waals surface area contributed by atoms with Gasteiger partial charge in [-0.1, -0.05) is 0 Å². The van der Waals surface area contributed by atoms with Gasteiger partial charge in [-0.05, 0) is 6.07 Å². The van der Waals surface area contributed by atoms with Gasteiger partial charge in [0.2, 0.25) is 0 Å². The van der Waals surface area contributed by atoms with Gasteiger partial charge in [-0.25, -0.2) is 22.3 Å². The van der Waals surface area contributed by atoms with E-state index in [2.05, 4.69) is 10.2 Å². The lowest BCUT2D eigenvalue weighted by atomic mass is 10.2. The summed E-state index contributed by atoms with van der Waals surface area (Å²) in [4.78, 5) is 0. The summed E-state index contributed by atoms with van der Waals surface area (Å²) in [5.41, 5.74) is -0.00192. The van der Waals surface area contributed by atoms with E-state index in [4.69, 9.17) is 5.14 Å². The zero-order valence-corrected chi connectivity index (χ0v) is 7.98. The number of benzene rings is 1. The van der Waals surface area contributed by atoms with Gasteiger partial charge in [-0.15, -0.1) is 0 Å². The molecule has 5 nitrogen and oxygen atoms in total. The van der Waals surface area contributed by atoms with Crippen molar-refractivity contribution in [3.8, 4) is 0 Å². The number of primary sulfonamides is 1. The fourth-order valence-corrected chi connectivity index (χ4v) is 1.84. The van der Waals surface area contributed by atoms with Crippen molar-refractivity contribution in [3.63, 3.8) is 0 Å². The minimum Gasteiger partial charge on any atom is -0.265 e. The molecule has 15 heavy (non-hydrogen) atoms. The Kier molecular flexibility index (Phi) is 1.98. The Balaban J connectivity index is 2.87. The molecule has 80 valence electrons. The zero-order chi connectivity index (χ0) is 11.2. The summed E-state index contributed by atoms with van der Waals surface area (Å²) in [6.07, 6.45) is 0. The average Bonchev–Trinajstić information content (AvgIpc) is 2.47. The van der Waals surface area contributed by atoms with Gasteiger partial charge in [0.05, 0.1) is 5.52 Å². The molecule has 1 aromatic carbocycles. The van der Waals surface area contributed by atoms with Crippen LogP contribution in [0.5, 0.6) is 0 Å². The predicted octanol–water partition coefficient (Wildman–Crippen LogP) is 0.489. The predicted molar refractivity (Wildman–Crippen MR) is 47.4 cm³/mol. The molecule has 0 atom stereocenters. The maximum atomic E-state index is 12.8. The maximum Gasteiger partial charge on any atom is 0.255 e. The summed E-state index contributed by atoms with van der Waals surface area (Å²) in [6, 6.07) is 1.52. The Labute approximate surface area is 82.9 Å². The first-order valence-corrected chi connectivity index (χ1v) is 5.30. The second-order valence-corrected chi connectivity index (χ2v) is 4.38. The first-order valence-electron chi connectivity index (χ1n) is 3.75. The summed E-state index contributed by atoms with van der Waals surface area (Å²) in [6.45, 7) is 0. The highest BCUT2D eigenvalue weighted by Gasteiger charge is 2.17. The molecule has 8 heteroatoms. The van der Waals surface area contributed by atoms with Crippen LogP contribution < -0.4 is 5.14 Å². The molecule has 0 saturated heterocycles. The molecule has 0 saturated carbocycles. The third-order valence-corrected chi connectivity index (χ3v) is 2.73. The Morgan fingerprint density at radius 1 is 1.27 bits per heavy atom. The van der Waals surface area contributed by atoms with E-state index < -0.39 is 26.7 Å². The summed E-state index contributed by atoms with van der Waals surface area (Å²) >= 11 is 0. The highest BCUT2D eigenvalue weighted by molar-refractivity contribution is 7.89. The smallest absolute Gasteiger partial charge is 0.255 e. The number of halogens is 2. The van der Waals surface area contributed by atoms with Crippen LogP contribution in [0.3, 0.4) is 0 Å². The van der Waals surface area contributed by atoms with Crippen molar-refractivity contribution in [2.75, 3.05) is 0 Å².